The third-order valence-electron chi connectivity index (χ3n) is 4.13. The van der Waals surface area contributed by atoms with Crippen LogP contribution in [0.2, 0.25) is 0 Å². The molecule has 0 atom stereocenters. The second-order valence-electron chi connectivity index (χ2n) is 6.36. The van der Waals surface area contributed by atoms with E-state index >= 15 is 0 Å². The topological polar surface area (TPSA) is 91.8 Å². The number of hydrogen-bond donors (Lipinski definition) is 3. The van der Waals surface area contributed by atoms with E-state index in [4.69, 9.17) is 4.84 Å². The van der Waals surface area contributed by atoms with Crippen molar-refractivity contribution >= 4 is 28.9 Å². The zero-order valence-electron chi connectivity index (χ0n) is 16.5. The third kappa shape index (κ3) is 5.93. The minimum Gasteiger partial charge on any atom is -0.385 e. The van der Waals surface area contributed by atoms with Crippen LogP contribution >= 0.6 is 0 Å². The largest absolute Gasteiger partial charge is 0.385 e. The van der Waals surface area contributed by atoms with E-state index < -0.39 is 11.8 Å². The Hall–Kier alpha value is -4.13. The number of nitrogens with zero attached hydrogens (tertiary/aromatic N) is 1. The molecule has 0 aliphatic heterocycles. The first-order valence-corrected chi connectivity index (χ1v) is 9.36. The zero-order valence-corrected chi connectivity index (χ0v) is 16.5. The number of carbonyl (C=O) groups is 2. The van der Waals surface area contributed by atoms with Crippen molar-refractivity contribution in [2.24, 2.45) is 5.16 Å². The van der Waals surface area contributed by atoms with Crippen LogP contribution in [0.4, 0.5) is 11.4 Å². The van der Waals surface area contributed by atoms with Gasteiger partial charge in [0, 0.05) is 5.69 Å². The first-order valence-electron chi connectivity index (χ1n) is 9.36. The van der Waals surface area contributed by atoms with E-state index in [0.717, 1.165) is 11.3 Å². The van der Waals surface area contributed by atoms with Gasteiger partial charge in [0.05, 0.1) is 17.0 Å². The van der Waals surface area contributed by atoms with E-state index in [2.05, 4.69) is 21.3 Å². The molecule has 0 radical (unpaired) electrons. The Kier molecular flexibility index (Phi) is 7.16. The van der Waals surface area contributed by atoms with Crippen LogP contribution in [0.15, 0.2) is 90.1 Å². The summed E-state index contributed by atoms with van der Waals surface area (Å²) in [5.74, 6) is -0.979. The second kappa shape index (κ2) is 10.4. The maximum Gasteiger partial charge on any atom is 0.279 e. The maximum atomic E-state index is 12.5. The number of hydrazine groups is 1. The summed E-state index contributed by atoms with van der Waals surface area (Å²) in [6.45, 7) is 1.46. The Balaban J connectivity index is 1.51. The molecule has 0 heterocycles. The van der Waals surface area contributed by atoms with Crippen LogP contribution in [-0.4, -0.2) is 24.1 Å². The highest BCUT2D eigenvalue weighted by atomic mass is 16.6. The summed E-state index contributed by atoms with van der Waals surface area (Å²) in [7, 11) is 0. The quantitative estimate of drug-likeness (QED) is 0.416. The number of rotatable bonds is 7. The number of anilines is 2. The molecule has 7 nitrogen and oxygen atoms in total. The summed E-state index contributed by atoms with van der Waals surface area (Å²) in [5, 5.41) is 7.10. The molecular weight excluding hydrogens is 380 g/mol. The SMILES string of the molecule is C/C(=N/OCC(=O)NNC(=O)c1ccccc1Nc1ccccc1)c1ccccc1. The fourth-order valence-electron chi connectivity index (χ4n) is 2.62. The number of benzene rings is 3. The summed E-state index contributed by atoms with van der Waals surface area (Å²) in [4.78, 5) is 29.5. The third-order valence-corrected chi connectivity index (χ3v) is 4.13. The van der Waals surface area contributed by atoms with Crippen molar-refractivity contribution in [1.82, 2.24) is 10.9 Å². The number of nitrogens with one attached hydrogen (secondary N) is 3. The number of hydrogen-bond acceptors (Lipinski definition) is 5. The Labute approximate surface area is 174 Å². The van der Waals surface area contributed by atoms with Gasteiger partial charge in [0.2, 0.25) is 0 Å². The van der Waals surface area contributed by atoms with Crippen molar-refractivity contribution in [2.45, 2.75) is 6.92 Å². The lowest BCUT2D eigenvalue weighted by molar-refractivity contribution is -0.126. The van der Waals surface area contributed by atoms with Crippen molar-refractivity contribution in [1.29, 1.82) is 0 Å². The number of oxime groups is 1. The summed E-state index contributed by atoms with van der Waals surface area (Å²) < 4.78 is 0. The molecule has 30 heavy (non-hydrogen) atoms. The highest BCUT2D eigenvalue weighted by Crippen LogP contribution is 2.20. The fourth-order valence-corrected chi connectivity index (χ4v) is 2.62. The molecule has 0 spiro atoms. The zero-order chi connectivity index (χ0) is 21.2. The molecule has 152 valence electrons. The van der Waals surface area contributed by atoms with Gasteiger partial charge in [0.25, 0.3) is 11.8 Å². The summed E-state index contributed by atoms with van der Waals surface area (Å²) in [6.07, 6.45) is 0. The van der Waals surface area contributed by atoms with E-state index in [-0.39, 0.29) is 6.61 Å². The molecule has 3 rings (SSSR count). The molecule has 0 aromatic heterocycles. The highest BCUT2D eigenvalue weighted by molar-refractivity contribution is 6.01. The standard InChI is InChI=1S/C23H22N4O3/c1-17(18-10-4-2-5-11-18)27-30-16-22(28)25-26-23(29)20-14-8-9-15-21(20)24-19-12-6-3-7-13-19/h2-15,24H,16H2,1H3,(H,25,28)(H,26,29)/b27-17-. The molecule has 0 bridgehead atoms. The van der Waals surface area contributed by atoms with Crippen LogP contribution in [0.3, 0.4) is 0 Å². The molecule has 3 aromatic carbocycles. The molecular formula is C23H22N4O3. The van der Waals surface area contributed by atoms with Crippen molar-refractivity contribution in [3.05, 3.63) is 96.1 Å². The van der Waals surface area contributed by atoms with E-state index in [0.29, 0.717) is 17.0 Å². The van der Waals surface area contributed by atoms with Gasteiger partial charge in [-0.2, -0.15) is 0 Å². The number of para-hydroxylation sites is 2. The van der Waals surface area contributed by atoms with Gasteiger partial charge in [0.15, 0.2) is 6.61 Å². The Morgan fingerprint density at radius 1 is 0.833 bits per heavy atom. The summed E-state index contributed by atoms with van der Waals surface area (Å²) >= 11 is 0. The van der Waals surface area contributed by atoms with Crippen LogP contribution in [0.1, 0.15) is 22.8 Å². The predicted molar refractivity (Wildman–Crippen MR) is 116 cm³/mol. The van der Waals surface area contributed by atoms with Gasteiger partial charge in [0.1, 0.15) is 0 Å². The van der Waals surface area contributed by atoms with Gasteiger partial charge < -0.3 is 10.2 Å². The van der Waals surface area contributed by atoms with Crippen LogP contribution < -0.4 is 16.2 Å². The lowest BCUT2D eigenvalue weighted by atomic mass is 10.1. The second-order valence-corrected chi connectivity index (χ2v) is 6.36. The summed E-state index contributed by atoms with van der Waals surface area (Å²) in [6, 6.07) is 26.0. The Morgan fingerprint density at radius 2 is 1.47 bits per heavy atom. The number of amides is 2. The Morgan fingerprint density at radius 3 is 2.20 bits per heavy atom. The smallest absolute Gasteiger partial charge is 0.279 e. The lowest BCUT2D eigenvalue weighted by Crippen LogP contribution is -2.43. The molecule has 3 aromatic rings. The van der Waals surface area contributed by atoms with Gasteiger partial charge >= 0.3 is 0 Å². The van der Waals surface area contributed by atoms with Crippen LogP contribution in [-0.2, 0) is 9.63 Å². The van der Waals surface area contributed by atoms with Gasteiger partial charge in [-0.05, 0) is 36.8 Å². The minimum absolute atomic E-state index is 0.325. The molecule has 0 unspecified atom stereocenters. The van der Waals surface area contributed by atoms with Crippen LogP contribution in [0.25, 0.3) is 0 Å². The van der Waals surface area contributed by atoms with Crippen molar-refractivity contribution < 1.29 is 14.4 Å². The normalized spacial score (nSPS) is 10.8. The maximum absolute atomic E-state index is 12.5. The molecule has 0 fully saturated rings. The van der Waals surface area contributed by atoms with E-state index in [9.17, 15) is 9.59 Å². The Bertz CT molecular complexity index is 1020. The van der Waals surface area contributed by atoms with Gasteiger partial charge in [-0.15, -0.1) is 0 Å². The monoisotopic (exact) mass is 402 g/mol. The van der Waals surface area contributed by atoms with Gasteiger partial charge in [-0.3, -0.25) is 20.4 Å². The molecule has 0 saturated carbocycles. The van der Waals surface area contributed by atoms with Crippen molar-refractivity contribution in [3.63, 3.8) is 0 Å². The molecule has 3 N–H and O–H groups in total. The van der Waals surface area contributed by atoms with Crippen LogP contribution in [0, 0.1) is 0 Å². The predicted octanol–water partition coefficient (Wildman–Crippen LogP) is 3.63. The molecule has 0 aliphatic carbocycles. The minimum atomic E-state index is -0.526. The molecule has 7 heteroatoms. The first kappa shape index (κ1) is 20.6. The van der Waals surface area contributed by atoms with E-state index in [1.807, 2.05) is 66.7 Å². The lowest BCUT2D eigenvalue weighted by Gasteiger charge is -2.12. The average molecular weight is 402 g/mol. The van der Waals surface area contributed by atoms with Crippen LogP contribution in [0.5, 0.6) is 0 Å². The van der Waals surface area contributed by atoms with Crippen molar-refractivity contribution in [2.75, 3.05) is 11.9 Å². The van der Waals surface area contributed by atoms with Crippen molar-refractivity contribution in [3.8, 4) is 0 Å². The molecule has 0 aliphatic rings. The highest BCUT2D eigenvalue weighted by Gasteiger charge is 2.12. The fraction of sp³-hybridized carbons (Fsp3) is 0.0870. The summed E-state index contributed by atoms with van der Waals surface area (Å²) in [5.41, 5.74) is 8.11. The molecule has 2 amide bonds. The molecule has 0 saturated heterocycles. The first-order chi connectivity index (χ1) is 14.6. The average Bonchev–Trinajstić information content (AvgIpc) is 2.79. The van der Waals surface area contributed by atoms with Gasteiger partial charge in [-0.1, -0.05) is 65.8 Å². The van der Waals surface area contributed by atoms with E-state index in [1.165, 1.54) is 0 Å². The number of carbonyl (C=O) groups excluding carboxylic acids is 2. The van der Waals surface area contributed by atoms with E-state index in [1.54, 1.807) is 25.1 Å². The van der Waals surface area contributed by atoms with Gasteiger partial charge in [-0.25, -0.2) is 0 Å².